The highest BCUT2D eigenvalue weighted by molar-refractivity contribution is 5.67. The summed E-state index contributed by atoms with van der Waals surface area (Å²) >= 11 is 0. The van der Waals surface area contributed by atoms with Gasteiger partial charge in [0, 0.05) is 18.9 Å². The maximum atomic E-state index is 10.8. The lowest BCUT2D eigenvalue weighted by atomic mass is 9.76. The summed E-state index contributed by atoms with van der Waals surface area (Å²) in [5.74, 6) is -0.169. The summed E-state index contributed by atoms with van der Waals surface area (Å²) in [4.78, 5) is 10.8. The van der Waals surface area contributed by atoms with Crippen LogP contribution in [0.3, 0.4) is 0 Å². The van der Waals surface area contributed by atoms with Crippen LogP contribution in [0.4, 0.5) is 0 Å². The number of benzene rings is 1. The maximum Gasteiger partial charge on any atom is 0.303 e. The fourth-order valence-electron chi connectivity index (χ4n) is 3.90. The molecule has 0 radical (unpaired) electrons. The van der Waals surface area contributed by atoms with Crippen molar-refractivity contribution < 1.29 is 19.7 Å². The average Bonchev–Trinajstić information content (AvgIpc) is 3.07. The predicted octanol–water partition coefficient (Wildman–Crippen LogP) is 2.03. The Morgan fingerprint density at radius 3 is 2.48 bits per heavy atom. The summed E-state index contributed by atoms with van der Waals surface area (Å²) in [6.45, 7) is 0.184. The predicted molar refractivity (Wildman–Crippen MR) is 78.1 cm³/mol. The van der Waals surface area contributed by atoms with Crippen LogP contribution in [0.15, 0.2) is 24.3 Å². The molecule has 2 aliphatic rings. The molecule has 2 fully saturated rings. The van der Waals surface area contributed by atoms with Crippen molar-refractivity contribution >= 4 is 5.97 Å². The van der Waals surface area contributed by atoms with E-state index in [1.807, 2.05) is 18.2 Å². The molecule has 0 spiro atoms. The highest BCUT2D eigenvalue weighted by Crippen LogP contribution is 2.44. The summed E-state index contributed by atoms with van der Waals surface area (Å²) in [5, 5.41) is 18.5. The molecule has 1 aromatic rings. The van der Waals surface area contributed by atoms with E-state index in [4.69, 9.17) is 9.84 Å². The van der Waals surface area contributed by atoms with Crippen LogP contribution in [-0.4, -0.2) is 35.0 Å². The van der Waals surface area contributed by atoms with Gasteiger partial charge in [0.2, 0.25) is 0 Å². The minimum absolute atomic E-state index is 0.160. The number of fused-ring (bicyclic) bond motifs is 2. The first-order chi connectivity index (χ1) is 10.2. The first kappa shape index (κ1) is 14.5. The van der Waals surface area contributed by atoms with E-state index in [1.165, 1.54) is 5.56 Å². The Labute approximate surface area is 124 Å². The molecule has 4 atom stereocenters. The second kappa shape index (κ2) is 6.16. The zero-order valence-electron chi connectivity index (χ0n) is 12.1. The van der Waals surface area contributed by atoms with Gasteiger partial charge in [-0.2, -0.15) is 0 Å². The molecule has 1 aromatic carbocycles. The van der Waals surface area contributed by atoms with E-state index in [-0.39, 0.29) is 31.2 Å². The van der Waals surface area contributed by atoms with Gasteiger partial charge >= 0.3 is 5.97 Å². The zero-order chi connectivity index (χ0) is 14.8. The summed E-state index contributed by atoms with van der Waals surface area (Å²) in [5.41, 5.74) is 2.32. The molecule has 0 amide bonds. The summed E-state index contributed by atoms with van der Waals surface area (Å²) in [6.07, 6.45) is 4.24. The molecule has 3 rings (SSSR count). The molecule has 114 valence electrons. The number of rotatable bonds is 6. The number of aryl methyl sites for hydroxylation is 1. The molecule has 2 aliphatic heterocycles. The van der Waals surface area contributed by atoms with E-state index in [0.29, 0.717) is 12.3 Å². The van der Waals surface area contributed by atoms with Gasteiger partial charge in [-0.15, -0.1) is 0 Å². The van der Waals surface area contributed by atoms with Gasteiger partial charge in [-0.1, -0.05) is 24.3 Å². The number of aliphatic hydroxyl groups excluding tert-OH is 1. The maximum absolute atomic E-state index is 10.8. The van der Waals surface area contributed by atoms with Gasteiger partial charge in [-0.05, 0) is 42.7 Å². The highest BCUT2D eigenvalue weighted by atomic mass is 16.5. The lowest BCUT2D eigenvalue weighted by molar-refractivity contribution is -0.136. The van der Waals surface area contributed by atoms with Gasteiger partial charge in [0.15, 0.2) is 0 Å². The van der Waals surface area contributed by atoms with Gasteiger partial charge < -0.3 is 14.9 Å². The van der Waals surface area contributed by atoms with Crippen LogP contribution in [0, 0.1) is 11.8 Å². The lowest BCUT2D eigenvalue weighted by Gasteiger charge is -2.27. The third-order valence-electron chi connectivity index (χ3n) is 4.98. The van der Waals surface area contributed by atoms with Crippen molar-refractivity contribution in [1.29, 1.82) is 0 Å². The number of carboxylic acids is 1. The van der Waals surface area contributed by atoms with Gasteiger partial charge in [-0.3, -0.25) is 4.79 Å². The van der Waals surface area contributed by atoms with Crippen molar-refractivity contribution in [2.24, 2.45) is 11.8 Å². The Balaban J connectivity index is 1.74. The molecular formula is C17H22O4. The molecule has 2 N–H and O–H groups in total. The fraction of sp³-hybridized carbons (Fsp3) is 0.588. The van der Waals surface area contributed by atoms with Gasteiger partial charge in [0.1, 0.15) is 0 Å². The molecule has 21 heavy (non-hydrogen) atoms. The van der Waals surface area contributed by atoms with Crippen LogP contribution in [0.25, 0.3) is 0 Å². The van der Waals surface area contributed by atoms with Crippen molar-refractivity contribution in [3.05, 3.63) is 35.4 Å². The van der Waals surface area contributed by atoms with E-state index >= 15 is 0 Å². The van der Waals surface area contributed by atoms with Crippen molar-refractivity contribution in [3.8, 4) is 0 Å². The van der Waals surface area contributed by atoms with Crippen LogP contribution in [-0.2, 0) is 22.4 Å². The van der Waals surface area contributed by atoms with E-state index in [9.17, 15) is 9.90 Å². The molecule has 2 saturated heterocycles. The number of aliphatic hydroxyl groups is 1. The molecule has 4 heteroatoms. The molecule has 0 unspecified atom stereocenters. The number of aliphatic carboxylic acids is 1. The minimum Gasteiger partial charge on any atom is -0.481 e. The van der Waals surface area contributed by atoms with Crippen molar-refractivity contribution in [2.75, 3.05) is 6.61 Å². The molecule has 0 aromatic heterocycles. The number of hydrogen-bond acceptors (Lipinski definition) is 3. The minimum atomic E-state index is -0.763. The van der Waals surface area contributed by atoms with Crippen LogP contribution < -0.4 is 0 Å². The second-order valence-corrected chi connectivity index (χ2v) is 6.17. The Morgan fingerprint density at radius 1 is 1.14 bits per heavy atom. The molecule has 0 aliphatic carbocycles. The first-order valence-corrected chi connectivity index (χ1v) is 7.74. The largest absolute Gasteiger partial charge is 0.481 e. The monoisotopic (exact) mass is 290 g/mol. The van der Waals surface area contributed by atoms with E-state index < -0.39 is 5.97 Å². The Hall–Kier alpha value is -1.39. The van der Waals surface area contributed by atoms with Gasteiger partial charge in [-0.25, -0.2) is 0 Å². The Morgan fingerprint density at radius 2 is 1.81 bits per heavy atom. The van der Waals surface area contributed by atoms with Crippen LogP contribution in [0.2, 0.25) is 0 Å². The van der Waals surface area contributed by atoms with Gasteiger partial charge in [0.05, 0.1) is 12.2 Å². The van der Waals surface area contributed by atoms with E-state index in [0.717, 1.165) is 24.8 Å². The molecule has 2 bridgehead atoms. The number of carboxylic acid groups (broad SMARTS) is 1. The smallest absolute Gasteiger partial charge is 0.303 e. The quantitative estimate of drug-likeness (QED) is 0.841. The zero-order valence-corrected chi connectivity index (χ0v) is 12.1. The standard InChI is InChI=1S/C17H22O4/c18-10-14-13(15-6-7-16(14)21-15)9-12-4-2-1-3-11(12)5-8-17(19)20/h1-4,13-16,18H,5-10H2,(H,19,20)/t13-,14+,15+,16-/m1/s1. The normalized spacial score (nSPS) is 30.7. The highest BCUT2D eigenvalue weighted by Gasteiger charge is 2.48. The summed E-state index contributed by atoms with van der Waals surface area (Å²) in [6, 6.07) is 8.06. The Bertz CT molecular complexity index is 513. The fourth-order valence-corrected chi connectivity index (χ4v) is 3.90. The summed E-state index contributed by atoms with van der Waals surface area (Å²) in [7, 11) is 0. The second-order valence-electron chi connectivity index (χ2n) is 6.17. The number of ether oxygens (including phenoxy) is 1. The molecule has 4 nitrogen and oxygen atoms in total. The Kier molecular flexibility index (Phi) is 4.27. The first-order valence-electron chi connectivity index (χ1n) is 7.74. The molecule has 0 saturated carbocycles. The molecule has 2 heterocycles. The van der Waals surface area contributed by atoms with Crippen LogP contribution in [0.1, 0.15) is 30.4 Å². The topological polar surface area (TPSA) is 66.8 Å². The van der Waals surface area contributed by atoms with Crippen molar-refractivity contribution in [2.45, 2.75) is 44.3 Å². The van der Waals surface area contributed by atoms with Crippen molar-refractivity contribution in [3.63, 3.8) is 0 Å². The van der Waals surface area contributed by atoms with E-state index in [2.05, 4.69) is 6.07 Å². The average molecular weight is 290 g/mol. The SMILES string of the molecule is O=C(O)CCc1ccccc1C[C@@H]1[C@H](CO)[C@H]2CC[C@@H]1O2. The number of hydrogen-bond donors (Lipinski definition) is 2. The van der Waals surface area contributed by atoms with Crippen LogP contribution >= 0.6 is 0 Å². The number of carbonyl (C=O) groups is 1. The van der Waals surface area contributed by atoms with Crippen LogP contribution in [0.5, 0.6) is 0 Å². The summed E-state index contributed by atoms with van der Waals surface area (Å²) < 4.78 is 5.94. The third kappa shape index (κ3) is 2.97. The van der Waals surface area contributed by atoms with Gasteiger partial charge in [0.25, 0.3) is 0 Å². The van der Waals surface area contributed by atoms with Crippen molar-refractivity contribution in [1.82, 2.24) is 0 Å². The molecular weight excluding hydrogens is 268 g/mol. The lowest BCUT2D eigenvalue weighted by Crippen LogP contribution is -2.31. The van der Waals surface area contributed by atoms with E-state index in [1.54, 1.807) is 0 Å². The third-order valence-corrected chi connectivity index (χ3v) is 4.98.